The van der Waals surface area contributed by atoms with Crippen LogP contribution in [0.2, 0.25) is 0 Å². The molecular formula is C28H27N3O2. The minimum Gasteiger partial charge on any atom is -0.480 e. The van der Waals surface area contributed by atoms with E-state index in [1.807, 2.05) is 24.3 Å². The van der Waals surface area contributed by atoms with Gasteiger partial charge in [0.05, 0.1) is 5.52 Å². The van der Waals surface area contributed by atoms with Crippen LogP contribution >= 0.6 is 0 Å². The second-order valence-electron chi connectivity index (χ2n) is 8.61. The minimum absolute atomic E-state index is 0.0951. The van der Waals surface area contributed by atoms with E-state index in [0.717, 1.165) is 48.0 Å². The van der Waals surface area contributed by atoms with E-state index in [-0.39, 0.29) is 6.54 Å². The fourth-order valence-electron chi connectivity index (χ4n) is 4.65. The number of anilines is 2. The minimum atomic E-state index is -0.875. The number of benzene rings is 3. The van der Waals surface area contributed by atoms with Gasteiger partial charge in [-0.1, -0.05) is 54.6 Å². The van der Waals surface area contributed by atoms with E-state index < -0.39 is 5.97 Å². The van der Waals surface area contributed by atoms with E-state index in [4.69, 9.17) is 4.98 Å². The smallest absolute Gasteiger partial charge is 0.323 e. The average molecular weight is 438 g/mol. The molecule has 5 heteroatoms. The number of para-hydroxylation sites is 1. The molecule has 0 saturated carbocycles. The number of rotatable bonds is 7. The fourth-order valence-corrected chi connectivity index (χ4v) is 4.65. The predicted octanol–water partition coefficient (Wildman–Crippen LogP) is 5.03. The number of carboxylic acids is 1. The molecule has 2 heterocycles. The normalized spacial score (nSPS) is 12.7. The molecule has 0 bridgehead atoms. The van der Waals surface area contributed by atoms with Crippen molar-refractivity contribution in [3.63, 3.8) is 0 Å². The van der Waals surface area contributed by atoms with Gasteiger partial charge in [-0.3, -0.25) is 4.79 Å². The van der Waals surface area contributed by atoms with Crippen LogP contribution in [0.15, 0.2) is 78.9 Å². The molecule has 3 aromatic carbocycles. The van der Waals surface area contributed by atoms with Gasteiger partial charge in [-0.05, 0) is 59.4 Å². The van der Waals surface area contributed by atoms with Gasteiger partial charge in [-0.15, -0.1) is 0 Å². The van der Waals surface area contributed by atoms with Crippen LogP contribution in [0.1, 0.15) is 11.1 Å². The number of aliphatic carboxylic acids is 1. The number of hydrogen-bond donors (Lipinski definition) is 1. The molecule has 0 atom stereocenters. The lowest BCUT2D eigenvalue weighted by Crippen LogP contribution is -2.26. The molecule has 0 saturated heterocycles. The van der Waals surface area contributed by atoms with E-state index in [0.29, 0.717) is 5.82 Å². The largest absolute Gasteiger partial charge is 0.480 e. The van der Waals surface area contributed by atoms with Gasteiger partial charge in [0.25, 0.3) is 0 Å². The molecule has 4 aromatic rings. The number of nitrogens with zero attached hydrogens (tertiary/aromatic N) is 3. The second-order valence-corrected chi connectivity index (χ2v) is 8.61. The third-order valence-electron chi connectivity index (χ3n) is 6.36. The molecule has 0 amide bonds. The van der Waals surface area contributed by atoms with Crippen molar-refractivity contribution < 1.29 is 9.90 Å². The zero-order valence-corrected chi connectivity index (χ0v) is 18.7. The average Bonchev–Trinajstić information content (AvgIpc) is 3.25. The molecule has 166 valence electrons. The first-order valence-corrected chi connectivity index (χ1v) is 11.3. The molecule has 1 N–H and O–H groups in total. The lowest BCUT2D eigenvalue weighted by atomic mass is 9.98. The highest BCUT2D eigenvalue weighted by atomic mass is 16.4. The van der Waals surface area contributed by atoms with E-state index >= 15 is 0 Å². The summed E-state index contributed by atoms with van der Waals surface area (Å²) in [5.74, 6) is -0.218. The number of hydrogen-bond acceptors (Lipinski definition) is 4. The standard InChI is InChI=1S/C28H27N3O2/c1-30(19-28(32)33)27-18-23(21-7-3-2-4-8-21)24-17-20(11-12-25(24)29-27)13-15-31-16-14-22-9-5-6-10-26(22)31/h2-12,17-18H,13-16,19H2,1H3,(H,32,33). The Labute approximate surface area is 193 Å². The lowest BCUT2D eigenvalue weighted by Gasteiger charge is -2.20. The number of likely N-dealkylation sites (N-methyl/N-ethyl adjacent to an activating group) is 1. The van der Waals surface area contributed by atoms with Crippen LogP contribution in [0.5, 0.6) is 0 Å². The van der Waals surface area contributed by atoms with Crippen molar-refractivity contribution in [2.24, 2.45) is 0 Å². The van der Waals surface area contributed by atoms with Gasteiger partial charge in [-0.25, -0.2) is 4.98 Å². The summed E-state index contributed by atoms with van der Waals surface area (Å²) in [6, 6.07) is 27.4. The first kappa shape index (κ1) is 21.0. The Morgan fingerprint density at radius 3 is 2.64 bits per heavy atom. The summed E-state index contributed by atoms with van der Waals surface area (Å²) in [5, 5.41) is 10.3. The van der Waals surface area contributed by atoms with Crippen LogP contribution < -0.4 is 9.80 Å². The molecule has 0 unspecified atom stereocenters. The van der Waals surface area contributed by atoms with Crippen LogP contribution in [0.25, 0.3) is 22.0 Å². The zero-order valence-electron chi connectivity index (χ0n) is 18.7. The highest BCUT2D eigenvalue weighted by Crippen LogP contribution is 2.32. The number of fused-ring (bicyclic) bond motifs is 2. The van der Waals surface area contributed by atoms with Crippen molar-refractivity contribution in [3.05, 3.63) is 90.0 Å². The fraction of sp³-hybridized carbons (Fsp3) is 0.214. The van der Waals surface area contributed by atoms with Crippen LogP contribution in [-0.2, 0) is 17.6 Å². The van der Waals surface area contributed by atoms with Gasteiger partial charge >= 0.3 is 5.97 Å². The molecule has 0 fully saturated rings. The third-order valence-corrected chi connectivity index (χ3v) is 6.36. The molecule has 0 spiro atoms. The van der Waals surface area contributed by atoms with Gasteiger partial charge < -0.3 is 14.9 Å². The lowest BCUT2D eigenvalue weighted by molar-refractivity contribution is -0.135. The van der Waals surface area contributed by atoms with Gasteiger partial charge in [0.2, 0.25) is 0 Å². The van der Waals surface area contributed by atoms with Crippen molar-refractivity contribution >= 4 is 28.4 Å². The molecule has 5 nitrogen and oxygen atoms in total. The van der Waals surface area contributed by atoms with Crippen LogP contribution in [-0.4, -0.2) is 42.7 Å². The topological polar surface area (TPSA) is 56.7 Å². The van der Waals surface area contributed by atoms with Crippen molar-refractivity contribution in [3.8, 4) is 11.1 Å². The summed E-state index contributed by atoms with van der Waals surface area (Å²) in [5.41, 5.74) is 7.11. The van der Waals surface area contributed by atoms with Gasteiger partial charge in [0, 0.05) is 31.2 Å². The Kier molecular flexibility index (Phi) is 5.69. The Hall–Kier alpha value is -3.86. The van der Waals surface area contributed by atoms with E-state index in [1.54, 1.807) is 11.9 Å². The Balaban J connectivity index is 1.48. The Morgan fingerprint density at radius 2 is 1.82 bits per heavy atom. The zero-order chi connectivity index (χ0) is 22.8. The maximum absolute atomic E-state index is 11.2. The van der Waals surface area contributed by atoms with Gasteiger partial charge in [-0.2, -0.15) is 0 Å². The van der Waals surface area contributed by atoms with Crippen molar-refractivity contribution in [1.82, 2.24) is 4.98 Å². The molecule has 1 aromatic heterocycles. The summed E-state index contributed by atoms with van der Waals surface area (Å²) >= 11 is 0. The molecule has 1 aliphatic rings. The van der Waals surface area contributed by atoms with Crippen LogP contribution in [0, 0.1) is 0 Å². The van der Waals surface area contributed by atoms with Gasteiger partial charge in [0.15, 0.2) is 0 Å². The molecule has 1 aliphatic heterocycles. The van der Waals surface area contributed by atoms with E-state index in [9.17, 15) is 9.90 Å². The van der Waals surface area contributed by atoms with Crippen molar-refractivity contribution in [1.29, 1.82) is 0 Å². The quantitative estimate of drug-likeness (QED) is 0.440. The monoisotopic (exact) mass is 437 g/mol. The first-order valence-electron chi connectivity index (χ1n) is 11.3. The highest BCUT2D eigenvalue weighted by molar-refractivity contribution is 5.96. The SMILES string of the molecule is CN(CC(=O)O)c1cc(-c2ccccc2)c2cc(CCN3CCc4ccccc43)ccc2n1. The third kappa shape index (κ3) is 4.40. The van der Waals surface area contributed by atoms with Crippen molar-refractivity contribution in [2.45, 2.75) is 12.8 Å². The molecule has 5 rings (SSSR count). The summed E-state index contributed by atoms with van der Waals surface area (Å²) in [4.78, 5) is 20.2. The maximum Gasteiger partial charge on any atom is 0.323 e. The Bertz CT molecular complexity index is 1300. The van der Waals surface area contributed by atoms with Crippen molar-refractivity contribution in [2.75, 3.05) is 36.5 Å². The molecular weight excluding hydrogens is 410 g/mol. The van der Waals surface area contributed by atoms with Crippen LogP contribution in [0.4, 0.5) is 11.5 Å². The Morgan fingerprint density at radius 1 is 1.03 bits per heavy atom. The summed E-state index contributed by atoms with van der Waals surface area (Å²) in [6.07, 6.45) is 2.07. The first-order chi connectivity index (χ1) is 16.1. The number of carboxylic acid groups (broad SMARTS) is 1. The molecule has 33 heavy (non-hydrogen) atoms. The summed E-state index contributed by atoms with van der Waals surface area (Å²) < 4.78 is 0. The highest BCUT2D eigenvalue weighted by Gasteiger charge is 2.18. The number of carbonyl (C=O) groups is 1. The summed E-state index contributed by atoms with van der Waals surface area (Å²) in [6.45, 7) is 1.96. The molecule has 0 radical (unpaired) electrons. The molecule has 0 aliphatic carbocycles. The van der Waals surface area contributed by atoms with Gasteiger partial charge in [0.1, 0.15) is 12.4 Å². The number of aromatic nitrogens is 1. The van der Waals surface area contributed by atoms with E-state index in [2.05, 4.69) is 59.5 Å². The number of pyridine rings is 1. The predicted molar refractivity (Wildman–Crippen MR) is 134 cm³/mol. The van der Waals surface area contributed by atoms with Crippen LogP contribution in [0.3, 0.4) is 0 Å². The van der Waals surface area contributed by atoms with E-state index in [1.165, 1.54) is 16.8 Å². The summed E-state index contributed by atoms with van der Waals surface area (Å²) in [7, 11) is 1.76. The second kappa shape index (κ2) is 8.94. The maximum atomic E-state index is 11.2.